The van der Waals surface area contributed by atoms with Gasteiger partial charge in [-0.05, 0) is 0 Å². The van der Waals surface area contributed by atoms with Gasteiger partial charge in [0.1, 0.15) is 0 Å². The van der Waals surface area contributed by atoms with Crippen LogP contribution >= 0.6 is 61.1 Å². The summed E-state index contributed by atoms with van der Waals surface area (Å²) >= 11 is 9.06. The van der Waals surface area contributed by atoms with Gasteiger partial charge in [0.15, 0.2) is 0 Å². The summed E-state index contributed by atoms with van der Waals surface area (Å²) in [4.78, 5) is 5.01. The molecule has 0 amide bonds. The maximum absolute atomic E-state index is 10.2. The van der Waals surface area contributed by atoms with Crippen LogP contribution in [0.1, 0.15) is 13.3 Å². The van der Waals surface area contributed by atoms with E-state index in [0.29, 0.717) is 5.75 Å². The summed E-state index contributed by atoms with van der Waals surface area (Å²) in [5.41, 5.74) is 2.31. The summed E-state index contributed by atoms with van der Waals surface area (Å²) in [6.07, 6.45) is 1.11. The van der Waals surface area contributed by atoms with Crippen molar-refractivity contribution >= 4 is 106 Å². The second kappa shape index (κ2) is 7.96. The van der Waals surface area contributed by atoms with Crippen LogP contribution < -0.4 is 20.9 Å². The first-order valence-corrected chi connectivity index (χ1v) is 16.3. The number of aromatic hydroxyl groups is 1. The summed E-state index contributed by atoms with van der Waals surface area (Å²) in [6.45, 7) is 9.11. The van der Waals surface area contributed by atoms with Crippen molar-refractivity contribution in [3.05, 3.63) is 51.4 Å². The number of rotatable bonds is 3. The number of hydrogen-bond donors (Lipinski definition) is 1. The Kier molecular flexibility index (Phi) is 6.06. The van der Waals surface area contributed by atoms with Crippen LogP contribution in [0.15, 0.2) is 39.8 Å². The fraction of sp³-hybridized carbons (Fsp3) is 0.190. The van der Waals surface area contributed by atoms with Crippen LogP contribution in [0.3, 0.4) is 0 Å². The third kappa shape index (κ3) is 3.34. The van der Waals surface area contributed by atoms with E-state index in [-0.39, 0.29) is 14.5 Å². The Hall–Kier alpha value is 0.0664. The first-order chi connectivity index (χ1) is 13.3. The van der Waals surface area contributed by atoms with Crippen molar-refractivity contribution in [2.45, 2.75) is 25.9 Å². The molecule has 1 aromatic heterocycles. The van der Waals surface area contributed by atoms with Gasteiger partial charge in [-0.3, -0.25) is 0 Å². The summed E-state index contributed by atoms with van der Waals surface area (Å²) in [5.74, 6) is 0.329. The Balaban J connectivity index is 2.16. The Bertz CT molecular complexity index is 1230. The molecular weight excluding hydrogens is 723 g/mol. The molecule has 0 spiro atoms. The van der Waals surface area contributed by atoms with Crippen LogP contribution in [0.2, 0.25) is 12.6 Å². The van der Waals surface area contributed by atoms with Crippen molar-refractivity contribution in [2.24, 2.45) is 4.99 Å². The summed E-state index contributed by atoms with van der Waals surface area (Å²) in [6, 6.07) is 11.1. The number of fused-ring (bicyclic) bond motifs is 2. The van der Waals surface area contributed by atoms with Crippen LogP contribution in [0.4, 0.5) is 5.69 Å². The van der Waals surface area contributed by atoms with Crippen LogP contribution in [0.25, 0.3) is 16.6 Å². The molecule has 0 aliphatic carbocycles. The average molecular weight is 741 g/mol. The third-order valence-electron chi connectivity index (χ3n) is 5.37. The minimum atomic E-state index is -2.09. The molecule has 2 aromatic carbocycles. The summed E-state index contributed by atoms with van der Waals surface area (Å²) in [7, 11) is -2.09. The molecule has 4 rings (SSSR count). The van der Waals surface area contributed by atoms with E-state index in [4.69, 9.17) is 4.99 Å². The molecule has 0 saturated heterocycles. The fourth-order valence-corrected chi connectivity index (χ4v) is 14.9. The fourth-order valence-electron chi connectivity index (χ4n) is 4.16. The molecule has 7 heteroatoms. The normalized spacial score (nSPS) is 17.8. The number of benzene rings is 2. The molecule has 2 heterocycles. The Morgan fingerprint density at radius 3 is 2.64 bits per heavy atom. The van der Waals surface area contributed by atoms with Gasteiger partial charge in [0.2, 0.25) is 0 Å². The summed E-state index contributed by atoms with van der Waals surface area (Å²) in [5, 5.41) is 15.0. The number of phenolic OH excluding ortho intramolecular Hbond substituents is 1. The van der Waals surface area contributed by atoms with Crippen LogP contribution in [-0.4, -0.2) is 27.7 Å². The second-order valence-corrected chi connectivity index (χ2v) is 18.2. The van der Waals surface area contributed by atoms with E-state index in [1.54, 1.807) is 6.07 Å². The summed E-state index contributed by atoms with van der Waals surface area (Å²) < 4.78 is 5.34. The zero-order valence-corrected chi connectivity index (χ0v) is 24.1. The molecule has 3 aromatic rings. The Labute approximate surface area is 207 Å². The van der Waals surface area contributed by atoms with Gasteiger partial charge in [0.05, 0.1) is 0 Å². The van der Waals surface area contributed by atoms with Crippen molar-refractivity contribution in [3.8, 4) is 15.8 Å². The van der Waals surface area contributed by atoms with Crippen molar-refractivity contribution in [2.75, 3.05) is 0 Å². The monoisotopic (exact) mass is 741 g/mol. The molecule has 0 fully saturated rings. The molecule has 0 saturated carbocycles. The van der Waals surface area contributed by atoms with Gasteiger partial charge in [-0.25, -0.2) is 0 Å². The number of hydrogen-bond acceptors (Lipinski definition) is 2. The van der Waals surface area contributed by atoms with Crippen molar-refractivity contribution in [3.63, 3.8) is 0 Å². The molecule has 1 atom stereocenters. The Morgan fingerprint density at radius 1 is 1.25 bits per heavy atom. The predicted octanol–water partition coefficient (Wildman–Crippen LogP) is 4.37. The number of halogens is 3. The quantitative estimate of drug-likeness (QED) is 0.315. The molecule has 28 heavy (non-hydrogen) atoms. The van der Waals surface area contributed by atoms with Crippen molar-refractivity contribution in [1.29, 1.82) is 0 Å². The van der Waals surface area contributed by atoms with Crippen LogP contribution in [0, 0.1) is 6.01 Å². The van der Waals surface area contributed by atoms with Gasteiger partial charge in [-0.15, -0.1) is 0 Å². The van der Waals surface area contributed by atoms with Crippen molar-refractivity contribution < 1.29 is 5.11 Å². The zero-order chi connectivity index (χ0) is 20.2. The number of phenols is 1. The Morgan fingerprint density at radius 2 is 2.00 bits per heavy atom. The van der Waals surface area contributed by atoms with E-state index in [9.17, 15) is 5.11 Å². The average Bonchev–Trinajstić information content (AvgIpc) is 2.91. The molecule has 2 nitrogen and oxygen atoms in total. The first kappa shape index (κ1) is 21.3. The molecule has 1 aliphatic heterocycles. The molecule has 1 N–H and O–H groups in total. The van der Waals surface area contributed by atoms with E-state index in [1.165, 1.54) is 30.9 Å². The predicted molar refractivity (Wildman–Crippen MR) is 142 cm³/mol. The standard InChI is InChI=1S/C21H18BrI2NOSeSi/c1-4-9-28(3)15-10-12(26)6-8-13(15)25-14-7-5-11(2)16(20(14)28)19-17(22)18(23)21(24)27-19/h5-8,10,26H,2,4,9H2,1,3H3. The van der Waals surface area contributed by atoms with Gasteiger partial charge >= 0.3 is 210 Å². The first-order valence-electron chi connectivity index (χ1n) is 8.96. The topological polar surface area (TPSA) is 32.6 Å². The third-order valence-corrected chi connectivity index (χ3v) is 18.9. The van der Waals surface area contributed by atoms with Crippen LogP contribution in [-0.2, 0) is 0 Å². The van der Waals surface area contributed by atoms with Gasteiger partial charge in [0, 0.05) is 0 Å². The second-order valence-electron chi connectivity index (χ2n) is 7.22. The van der Waals surface area contributed by atoms with E-state index in [2.05, 4.69) is 93.3 Å². The van der Waals surface area contributed by atoms with Gasteiger partial charge < -0.3 is 0 Å². The molecule has 0 bridgehead atoms. The van der Waals surface area contributed by atoms with E-state index < -0.39 is 8.07 Å². The molecule has 1 aliphatic rings. The number of nitrogens with zero attached hydrogens (tertiary/aromatic N) is 1. The van der Waals surface area contributed by atoms with E-state index in [1.807, 2.05) is 12.1 Å². The molecular formula is C21H18BrI2NOSeSi. The van der Waals surface area contributed by atoms with Crippen molar-refractivity contribution in [1.82, 2.24) is 0 Å². The van der Waals surface area contributed by atoms with Crippen LogP contribution in [0.5, 0.6) is 5.75 Å². The molecule has 1 unspecified atom stereocenters. The zero-order valence-electron chi connectivity index (χ0n) is 15.4. The maximum atomic E-state index is 10.2. The van der Waals surface area contributed by atoms with E-state index >= 15 is 0 Å². The SMILES string of the molecule is C=c1ccc2c(c1-c1[se]c(I)c(I)c1Br)[Si](C)(CCC)c1cc(O)ccc1N=2. The molecule has 144 valence electrons. The minimum absolute atomic E-state index is 0.276. The van der Waals surface area contributed by atoms with Gasteiger partial charge in [-0.2, -0.15) is 0 Å². The van der Waals surface area contributed by atoms with E-state index in [0.717, 1.165) is 28.7 Å². The molecule has 0 radical (unpaired) electrons. The van der Waals surface area contributed by atoms with Gasteiger partial charge in [-0.1, -0.05) is 0 Å². The van der Waals surface area contributed by atoms with Gasteiger partial charge in [0.25, 0.3) is 0 Å².